The maximum absolute atomic E-state index is 11.3. The summed E-state index contributed by atoms with van der Waals surface area (Å²) in [5, 5.41) is 0.786. The van der Waals surface area contributed by atoms with Crippen molar-refractivity contribution in [1.29, 1.82) is 0 Å². The molecule has 0 aliphatic heterocycles. The Bertz CT molecular complexity index is 566. The van der Waals surface area contributed by atoms with Gasteiger partial charge in [0.1, 0.15) is 5.75 Å². The number of hydrogen-bond acceptors (Lipinski definition) is 5. The van der Waals surface area contributed by atoms with Gasteiger partial charge in [-0.3, -0.25) is 4.79 Å². The van der Waals surface area contributed by atoms with Crippen molar-refractivity contribution >= 4 is 27.9 Å². The normalized spacial score (nSPS) is 10.2. The molecule has 0 amide bonds. The topological polar surface area (TPSA) is 42.4 Å². The predicted octanol–water partition coefficient (Wildman–Crippen LogP) is 3.12. The molecule has 4 nitrogen and oxygen atoms in total. The van der Waals surface area contributed by atoms with Gasteiger partial charge in [0, 0.05) is 25.7 Å². The first kappa shape index (κ1) is 12.6. The monoisotopic (exact) mass is 262 g/mol. The van der Waals surface area contributed by atoms with Crippen molar-refractivity contribution in [2.75, 3.05) is 19.1 Å². The lowest BCUT2D eigenvalue weighted by Gasteiger charge is -2.16. The molecule has 0 radical (unpaired) electrons. The zero-order chi connectivity index (χ0) is 13.1. The van der Waals surface area contributed by atoms with E-state index >= 15 is 0 Å². The number of methoxy groups -OCH3 is 1. The largest absolute Gasteiger partial charge is 0.497 e. The van der Waals surface area contributed by atoms with Gasteiger partial charge in [0.15, 0.2) is 10.9 Å². The van der Waals surface area contributed by atoms with Crippen LogP contribution in [0.4, 0.5) is 10.8 Å². The van der Waals surface area contributed by atoms with Crippen molar-refractivity contribution < 1.29 is 9.53 Å². The summed E-state index contributed by atoms with van der Waals surface area (Å²) < 4.78 is 5.19. The highest BCUT2D eigenvalue weighted by molar-refractivity contribution is 7.17. The van der Waals surface area contributed by atoms with Crippen molar-refractivity contribution in [3.63, 3.8) is 0 Å². The first-order valence-electron chi connectivity index (χ1n) is 5.46. The number of rotatable bonds is 4. The summed E-state index contributed by atoms with van der Waals surface area (Å²) >= 11 is 1.38. The van der Waals surface area contributed by atoms with Gasteiger partial charge in [0.25, 0.3) is 0 Å². The van der Waals surface area contributed by atoms with E-state index in [1.165, 1.54) is 11.3 Å². The van der Waals surface area contributed by atoms with E-state index in [2.05, 4.69) is 4.98 Å². The van der Waals surface area contributed by atoms with E-state index in [1.807, 2.05) is 36.2 Å². The summed E-state index contributed by atoms with van der Waals surface area (Å²) in [5.41, 5.74) is 0.971. The number of hydrogen-bond donors (Lipinski definition) is 0. The highest BCUT2D eigenvalue weighted by Gasteiger charge is 2.11. The molecule has 1 heterocycles. The van der Waals surface area contributed by atoms with Gasteiger partial charge < -0.3 is 9.64 Å². The van der Waals surface area contributed by atoms with Crippen molar-refractivity contribution in [2.24, 2.45) is 0 Å². The highest BCUT2D eigenvalue weighted by Crippen LogP contribution is 2.30. The second kappa shape index (κ2) is 5.18. The average Bonchev–Trinajstić information content (AvgIpc) is 2.87. The van der Waals surface area contributed by atoms with Crippen LogP contribution in [-0.4, -0.2) is 24.9 Å². The molecule has 0 atom stereocenters. The molecule has 0 spiro atoms. The summed E-state index contributed by atoms with van der Waals surface area (Å²) in [7, 11) is 3.55. The molecule has 0 aliphatic rings. The van der Waals surface area contributed by atoms with Crippen molar-refractivity contribution in [3.05, 3.63) is 35.3 Å². The molecule has 0 saturated carbocycles. The van der Waals surface area contributed by atoms with Crippen LogP contribution in [0.3, 0.4) is 0 Å². The van der Waals surface area contributed by atoms with Crippen molar-refractivity contribution in [2.45, 2.75) is 6.92 Å². The summed E-state index contributed by atoms with van der Waals surface area (Å²) in [5.74, 6) is 0.834. The van der Waals surface area contributed by atoms with E-state index in [4.69, 9.17) is 4.74 Å². The third-order valence-electron chi connectivity index (χ3n) is 2.57. The molecule has 0 bridgehead atoms. The van der Waals surface area contributed by atoms with Gasteiger partial charge in [-0.15, -0.1) is 0 Å². The Kier molecular flexibility index (Phi) is 3.62. The smallest absolute Gasteiger partial charge is 0.190 e. The predicted molar refractivity (Wildman–Crippen MR) is 73.2 cm³/mol. The fourth-order valence-electron chi connectivity index (χ4n) is 1.51. The second-order valence-electron chi connectivity index (χ2n) is 3.82. The second-order valence-corrected chi connectivity index (χ2v) is 4.83. The number of carbonyl (C=O) groups excluding carboxylic acids is 1. The van der Waals surface area contributed by atoms with Crippen LogP contribution < -0.4 is 9.64 Å². The summed E-state index contributed by atoms with van der Waals surface area (Å²) in [6.07, 6.45) is 1.61. The molecule has 18 heavy (non-hydrogen) atoms. The SMILES string of the molecule is COc1cccc(N(C)c2ncc(C(C)=O)s2)c1. The number of aromatic nitrogens is 1. The van der Waals surface area contributed by atoms with Crippen LogP contribution in [0.15, 0.2) is 30.5 Å². The summed E-state index contributed by atoms with van der Waals surface area (Å²) in [4.78, 5) is 18.1. The summed E-state index contributed by atoms with van der Waals surface area (Å²) in [6.45, 7) is 1.54. The molecule has 0 saturated heterocycles. The van der Waals surface area contributed by atoms with E-state index in [1.54, 1.807) is 20.2 Å². The van der Waals surface area contributed by atoms with Crippen LogP contribution >= 0.6 is 11.3 Å². The molecule has 0 N–H and O–H groups in total. The van der Waals surface area contributed by atoms with Gasteiger partial charge in [0.2, 0.25) is 0 Å². The zero-order valence-corrected chi connectivity index (χ0v) is 11.3. The van der Waals surface area contributed by atoms with E-state index < -0.39 is 0 Å². The number of thiazole rings is 1. The quantitative estimate of drug-likeness (QED) is 0.794. The molecule has 0 unspecified atom stereocenters. The van der Waals surface area contributed by atoms with Gasteiger partial charge in [-0.05, 0) is 12.1 Å². The average molecular weight is 262 g/mol. The fraction of sp³-hybridized carbons (Fsp3) is 0.231. The number of carbonyl (C=O) groups is 1. The number of anilines is 2. The maximum atomic E-state index is 11.3. The van der Waals surface area contributed by atoms with Crippen LogP contribution in [0.2, 0.25) is 0 Å². The first-order valence-corrected chi connectivity index (χ1v) is 6.28. The number of ether oxygens (including phenoxy) is 1. The molecule has 5 heteroatoms. The fourth-order valence-corrected chi connectivity index (χ4v) is 2.31. The van der Waals surface area contributed by atoms with Gasteiger partial charge in [-0.2, -0.15) is 0 Å². The van der Waals surface area contributed by atoms with Gasteiger partial charge in [0.05, 0.1) is 18.2 Å². The number of ketones is 1. The molecule has 0 fully saturated rings. The van der Waals surface area contributed by atoms with Crippen LogP contribution in [0, 0.1) is 0 Å². The third-order valence-corrected chi connectivity index (χ3v) is 3.74. The Labute approximate surface area is 110 Å². The number of benzene rings is 1. The Hall–Kier alpha value is -1.88. The first-order chi connectivity index (χ1) is 8.61. The third kappa shape index (κ3) is 2.51. The van der Waals surface area contributed by atoms with Gasteiger partial charge in [-0.25, -0.2) is 4.98 Å². The van der Waals surface area contributed by atoms with Crippen LogP contribution in [0.25, 0.3) is 0 Å². The molecule has 1 aromatic heterocycles. The van der Waals surface area contributed by atoms with Crippen LogP contribution in [0.1, 0.15) is 16.6 Å². The number of Topliss-reactive ketones (excluding diaryl/α,β-unsaturated/α-hetero) is 1. The Morgan fingerprint density at radius 3 is 2.83 bits per heavy atom. The molecule has 2 aromatic rings. The molecule has 94 valence electrons. The lowest BCUT2D eigenvalue weighted by Crippen LogP contribution is -2.08. The molecular formula is C13H14N2O2S. The maximum Gasteiger partial charge on any atom is 0.190 e. The minimum Gasteiger partial charge on any atom is -0.497 e. The van der Waals surface area contributed by atoms with Gasteiger partial charge >= 0.3 is 0 Å². The molecule has 0 aliphatic carbocycles. The number of nitrogens with zero attached hydrogens (tertiary/aromatic N) is 2. The van der Waals surface area contributed by atoms with Crippen molar-refractivity contribution in [1.82, 2.24) is 4.98 Å². The minimum atomic E-state index is 0.0396. The molecule has 2 rings (SSSR count). The highest BCUT2D eigenvalue weighted by atomic mass is 32.1. The van der Waals surface area contributed by atoms with Crippen molar-refractivity contribution in [3.8, 4) is 5.75 Å². The Balaban J connectivity index is 2.28. The van der Waals surface area contributed by atoms with Crippen LogP contribution in [0.5, 0.6) is 5.75 Å². The Morgan fingerprint density at radius 1 is 1.44 bits per heavy atom. The zero-order valence-electron chi connectivity index (χ0n) is 10.5. The lowest BCUT2D eigenvalue weighted by atomic mass is 10.3. The van der Waals surface area contributed by atoms with Crippen LogP contribution in [-0.2, 0) is 0 Å². The lowest BCUT2D eigenvalue weighted by molar-refractivity contribution is 0.102. The molecule has 1 aromatic carbocycles. The van der Waals surface area contributed by atoms with E-state index in [0.29, 0.717) is 4.88 Å². The van der Waals surface area contributed by atoms with E-state index in [0.717, 1.165) is 16.6 Å². The van der Waals surface area contributed by atoms with Gasteiger partial charge in [-0.1, -0.05) is 17.4 Å². The van der Waals surface area contributed by atoms with E-state index in [9.17, 15) is 4.79 Å². The summed E-state index contributed by atoms with van der Waals surface area (Å²) in [6, 6.07) is 7.70. The molecular weight excluding hydrogens is 248 g/mol. The van der Waals surface area contributed by atoms with E-state index in [-0.39, 0.29) is 5.78 Å². The minimum absolute atomic E-state index is 0.0396. The Morgan fingerprint density at radius 2 is 2.22 bits per heavy atom. The standard InChI is InChI=1S/C13H14N2O2S/c1-9(16)12-8-14-13(18-12)15(2)10-5-4-6-11(7-10)17-3/h4-8H,1-3H3.